The number of nitrogens with zero attached hydrogens (tertiary/aromatic N) is 1. The van der Waals surface area contributed by atoms with Gasteiger partial charge in [-0.25, -0.2) is 13.1 Å². The Bertz CT molecular complexity index is 852. The van der Waals surface area contributed by atoms with Gasteiger partial charge in [-0.3, -0.25) is 4.79 Å². The fourth-order valence-corrected chi connectivity index (χ4v) is 5.36. The van der Waals surface area contributed by atoms with Crippen molar-refractivity contribution in [2.24, 2.45) is 0 Å². The maximum Gasteiger partial charge on any atom is 0.263 e. The third kappa shape index (κ3) is 4.11. The standard InChI is InChI=1S/C18H22N2O3S2/c1-13-5-6-14(2)17(12-13)25(22,23)19-15-7-9-20(10-8-15)18(21)16-4-3-11-24-16/h3-6,11-12,15,19H,7-10H2,1-2H3. The maximum absolute atomic E-state index is 12.7. The molecule has 0 aliphatic carbocycles. The molecule has 2 aromatic rings. The fraction of sp³-hybridized carbons (Fsp3) is 0.389. The molecule has 5 nitrogen and oxygen atoms in total. The summed E-state index contributed by atoms with van der Waals surface area (Å²) in [5.41, 5.74) is 1.66. The van der Waals surface area contributed by atoms with Gasteiger partial charge in [0.25, 0.3) is 5.91 Å². The molecule has 7 heteroatoms. The summed E-state index contributed by atoms with van der Waals surface area (Å²) < 4.78 is 28.2. The highest BCUT2D eigenvalue weighted by molar-refractivity contribution is 7.89. The summed E-state index contributed by atoms with van der Waals surface area (Å²) in [6.07, 6.45) is 1.25. The van der Waals surface area contributed by atoms with Crippen molar-refractivity contribution < 1.29 is 13.2 Å². The van der Waals surface area contributed by atoms with Gasteiger partial charge in [-0.2, -0.15) is 0 Å². The number of hydrogen-bond acceptors (Lipinski definition) is 4. The summed E-state index contributed by atoms with van der Waals surface area (Å²) in [5, 5.41) is 1.89. The summed E-state index contributed by atoms with van der Waals surface area (Å²) in [6.45, 7) is 4.82. The number of benzene rings is 1. The Labute approximate surface area is 152 Å². The van der Waals surface area contributed by atoms with Gasteiger partial charge in [-0.15, -0.1) is 11.3 Å². The van der Waals surface area contributed by atoms with Crippen LogP contribution in [0.25, 0.3) is 0 Å². The van der Waals surface area contributed by atoms with Crippen molar-refractivity contribution in [3.63, 3.8) is 0 Å². The third-order valence-electron chi connectivity index (χ3n) is 4.47. The monoisotopic (exact) mass is 378 g/mol. The quantitative estimate of drug-likeness (QED) is 0.889. The first-order valence-electron chi connectivity index (χ1n) is 8.29. The number of thiophene rings is 1. The lowest BCUT2D eigenvalue weighted by molar-refractivity contribution is 0.0716. The van der Waals surface area contributed by atoms with Crippen LogP contribution in [-0.4, -0.2) is 38.4 Å². The SMILES string of the molecule is Cc1ccc(C)c(S(=O)(=O)NC2CCN(C(=O)c3cccs3)CC2)c1. The Morgan fingerprint density at radius 1 is 1.20 bits per heavy atom. The number of carbonyl (C=O) groups excluding carboxylic acids is 1. The molecule has 134 valence electrons. The minimum Gasteiger partial charge on any atom is -0.338 e. The van der Waals surface area contributed by atoms with E-state index in [1.54, 1.807) is 17.9 Å². The summed E-state index contributed by atoms with van der Waals surface area (Å²) in [5.74, 6) is 0.0332. The van der Waals surface area contributed by atoms with E-state index in [0.717, 1.165) is 16.0 Å². The van der Waals surface area contributed by atoms with Gasteiger partial charge in [0, 0.05) is 19.1 Å². The number of rotatable bonds is 4. The molecule has 1 saturated heterocycles. The number of nitrogens with one attached hydrogen (secondary N) is 1. The molecule has 1 N–H and O–H groups in total. The van der Waals surface area contributed by atoms with Gasteiger partial charge < -0.3 is 4.90 Å². The number of hydrogen-bond donors (Lipinski definition) is 1. The van der Waals surface area contributed by atoms with E-state index in [9.17, 15) is 13.2 Å². The van der Waals surface area contributed by atoms with Crippen LogP contribution in [0.1, 0.15) is 33.6 Å². The molecule has 0 atom stereocenters. The van der Waals surface area contributed by atoms with Crippen LogP contribution >= 0.6 is 11.3 Å². The second-order valence-electron chi connectivity index (χ2n) is 6.43. The first-order valence-corrected chi connectivity index (χ1v) is 10.7. The van der Waals surface area contributed by atoms with E-state index in [-0.39, 0.29) is 11.9 Å². The Morgan fingerprint density at radius 2 is 1.92 bits per heavy atom. The molecule has 0 spiro atoms. The van der Waals surface area contributed by atoms with Crippen LogP contribution in [0.2, 0.25) is 0 Å². The normalized spacial score (nSPS) is 16.2. The smallest absolute Gasteiger partial charge is 0.263 e. The van der Waals surface area contributed by atoms with Crippen molar-refractivity contribution in [3.05, 3.63) is 51.7 Å². The van der Waals surface area contributed by atoms with E-state index in [1.807, 2.05) is 36.6 Å². The van der Waals surface area contributed by atoms with Gasteiger partial charge in [0.15, 0.2) is 0 Å². The summed E-state index contributed by atoms with van der Waals surface area (Å²) >= 11 is 1.43. The van der Waals surface area contributed by atoms with Gasteiger partial charge in [-0.1, -0.05) is 18.2 Å². The minimum atomic E-state index is -3.55. The Morgan fingerprint density at radius 3 is 2.56 bits per heavy atom. The zero-order chi connectivity index (χ0) is 18.0. The number of sulfonamides is 1. The first kappa shape index (κ1) is 18.1. The van der Waals surface area contributed by atoms with E-state index in [1.165, 1.54) is 11.3 Å². The van der Waals surface area contributed by atoms with Crippen LogP contribution in [0.15, 0.2) is 40.6 Å². The van der Waals surface area contributed by atoms with E-state index >= 15 is 0 Å². The number of aryl methyl sites for hydroxylation is 2. The molecule has 0 unspecified atom stereocenters. The fourth-order valence-electron chi connectivity index (χ4n) is 3.04. The first-order chi connectivity index (χ1) is 11.9. The molecular formula is C18H22N2O3S2. The zero-order valence-electron chi connectivity index (χ0n) is 14.4. The van der Waals surface area contributed by atoms with Crippen LogP contribution < -0.4 is 4.72 Å². The predicted octanol–water partition coefficient (Wildman–Crippen LogP) is 2.95. The molecule has 25 heavy (non-hydrogen) atoms. The summed E-state index contributed by atoms with van der Waals surface area (Å²) in [4.78, 5) is 15.2. The Kier molecular flexibility index (Phi) is 5.27. The molecular weight excluding hydrogens is 356 g/mol. The molecule has 3 rings (SSSR count). The van der Waals surface area contributed by atoms with Crippen LogP contribution in [0.5, 0.6) is 0 Å². The van der Waals surface area contributed by atoms with Crippen molar-refractivity contribution in [3.8, 4) is 0 Å². The molecule has 1 aliphatic rings. The number of carbonyl (C=O) groups is 1. The van der Waals surface area contributed by atoms with Crippen molar-refractivity contribution >= 4 is 27.3 Å². The largest absolute Gasteiger partial charge is 0.338 e. The number of amides is 1. The van der Waals surface area contributed by atoms with Crippen LogP contribution in [0.3, 0.4) is 0 Å². The molecule has 1 aromatic heterocycles. The molecule has 1 aromatic carbocycles. The van der Waals surface area contributed by atoms with Gasteiger partial charge in [0.2, 0.25) is 10.0 Å². The Balaban J connectivity index is 1.64. The molecule has 1 amide bonds. The third-order valence-corrected chi connectivity index (χ3v) is 6.99. The highest BCUT2D eigenvalue weighted by atomic mass is 32.2. The number of piperidine rings is 1. The minimum absolute atomic E-state index is 0.0332. The predicted molar refractivity (Wildman–Crippen MR) is 99.5 cm³/mol. The van der Waals surface area contributed by atoms with E-state index < -0.39 is 10.0 Å². The number of likely N-dealkylation sites (tertiary alicyclic amines) is 1. The van der Waals surface area contributed by atoms with Crippen molar-refractivity contribution in [1.82, 2.24) is 9.62 Å². The lowest BCUT2D eigenvalue weighted by Crippen LogP contribution is -2.46. The summed E-state index contributed by atoms with van der Waals surface area (Å²) in [6, 6.07) is 8.98. The summed E-state index contributed by atoms with van der Waals surface area (Å²) in [7, 11) is -3.55. The van der Waals surface area contributed by atoms with Gasteiger partial charge in [0.05, 0.1) is 9.77 Å². The Hall–Kier alpha value is -1.70. The van der Waals surface area contributed by atoms with E-state index in [4.69, 9.17) is 0 Å². The van der Waals surface area contributed by atoms with E-state index in [2.05, 4.69) is 4.72 Å². The highest BCUT2D eigenvalue weighted by Gasteiger charge is 2.28. The van der Waals surface area contributed by atoms with Crippen LogP contribution in [-0.2, 0) is 10.0 Å². The molecule has 1 fully saturated rings. The van der Waals surface area contributed by atoms with Crippen molar-refractivity contribution in [2.75, 3.05) is 13.1 Å². The lowest BCUT2D eigenvalue weighted by Gasteiger charge is -2.32. The van der Waals surface area contributed by atoms with Crippen molar-refractivity contribution in [1.29, 1.82) is 0 Å². The topological polar surface area (TPSA) is 66.5 Å². The molecule has 0 bridgehead atoms. The zero-order valence-corrected chi connectivity index (χ0v) is 16.0. The second-order valence-corrected chi connectivity index (χ2v) is 9.06. The maximum atomic E-state index is 12.7. The molecule has 2 heterocycles. The second kappa shape index (κ2) is 7.27. The van der Waals surface area contributed by atoms with Crippen molar-refractivity contribution in [2.45, 2.75) is 37.6 Å². The molecule has 0 saturated carbocycles. The highest BCUT2D eigenvalue weighted by Crippen LogP contribution is 2.21. The molecule has 1 aliphatic heterocycles. The average Bonchev–Trinajstić information content (AvgIpc) is 3.11. The van der Waals surface area contributed by atoms with Gasteiger partial charge in [0.1, 0.15) is 0 Å². The van der Waals surface area contributed by atoms with Gasteiger partial charge >= 0.3 is 0 Å². The van der Waals surface area contributed by atoms with E-state index in [0.29, 0.717) is 30.8 Å². The van der Waals surface area contributed by atoms with Crippen LogP contribution in [0, 0.1) is 13.8 Å². The van der Waals surface area contributed by atoms with Crippen LogP contribution in [0.4, 0.5) is 0 Å². The molecule has 0 radical (unpaired) electrons. The lowest BCUT2D eigenvalue weighted by atomic mass is 10.1. The average molecular weight is 379 g/mol. The van der Waals surface area contributed by atoms with Gasteiger partial charge in [-0.05, 0) is 55.3 Å².